The van der Waals surface area contributed by atoms with Gasteiger partial charge in [0.1, 0.15) is 6.61 Å². The molecule has 0 aromatic rings. The van der Waals surface area contributed by atoms with Crippen molar-refractivity contribution in [3.8, 4) is 0 Å². The topological polar surface area (TPSA) is 72.8 Å². The maximum atomic E-state index is 12.3. The maximum Gasteiger partial charge on any atom is 0.306 e. The maximum absolute atomic E-state index is 12.3. The fourth-order valence-corrected chi connectivity index (χ4v) is 10.6. The Kier molecular flexibility index (Phi) is 71.3. The lowest BCUT2D eigenvalue weighted by Crippen LogP contribution is -2.28. The van der Waals surface area contributed by atoms with Crippen molar-refractivity contribution in [1.29, 1.82) is 0 Å². The van der Waals surface area contributed by atoms with E-state index in [4.69, 9.17) is 9.47 Å². The molecule has 1 N–H and O–H groups in total. The Balaban J connectivity index is 3.51. The van der Waals surface area contributed by atoms with Crippen LogP contribution in [0.25, 0.3) is 0 Å². The van der Waals surface area contributed by atoms with Gasteiger partial charge in [-0.05, 0) is 89.9 Å². The van der Waals surface area contributed by atoms with Gasteiger partial charge in [0.25, 0.3) is 0 Å². The Labute approximate surface area is 528 Å². The zero-order valence-corrected chi connectivity index (χ0v) is 56.1. The number of hydrogen-bond acceptors (Lipinski definition) is 5. The molecule has 0 radical (unpaired) electrons. The average molecular weight is 1180 g/mol. The second kappa shape index (κ2) is 74.6. The van der Waals surface area contributed by atoms with Crippen molar-refractivity contribution in [2.45, 2.75) is 360 Å². The summed E-state index contributed by atoms with van der Waals surface area (Å²) in [7, 11) is 0. The molecule has 1 atom stereocenters. The highest BCUT2D eigenvalue weighted by Gasteiger charge is 2.16. The largest absolute Gasteiger partial charge is 0.462 e. The molecule has 488 valence electrons. The third-order valence-corrected chi connectivity index (χ3v) is 16.0. The lowest BCUT2D eigenvalue weighted by molar-refractivity contribution is -0.161. The van der Waals surface area contributed by atoms with Gasteiger partial charge in [-0.1, -0.05) is 373 Å². The molecule has 0 rings (SSSR count). The molecule has 0 spiro atoms. The van der Waals surface area contributed by atoms with Gasteiger partial charge in [0.05, 0.1) is 6.61 Å². The van der Waals surface area contributed by atoms with E-state index in [1.54, 1.807) is 0 Å². The van der Waals surface area contributed by atoms with Crippen LogP contribution in [-0.4, -0.2) is 36.4 Å². The first-order valence-electron chi connectivity index (χ1n) is 36.6. The van der Waals surface area contributed by atoms with E-state index >= 15 is 0 Å². The number of aliphatic hydroxyl groups is 1. The predicted molar refractivity (Wildman–Crippen MR) is 375 cm³/mol. The van der Waals surface area contributed by atoms with Crippen LogP contribution in [0.15, 0.2) is 122 Å². The molecule has 0 aliphatic heterocycles. The fourth-order valence-electron chi connectivity index (χ4n) is 10.6. The quantitative estimate of drug-likeness (QED) is 0.0373. The molecular weight excluding hydrogens is 1040 g/mol. The zero-order valence-electron chi connectivity index (χ0n) is 56.1. The highest BCUT2D eigenvalue weighted by atomic mass is 16.6. The van der Waals surface area contributed by atoms with Crippen LogP contribution < -0.4 is 0 Å². The molecule has 0 heterocycles. The van der Waals surface area contributed by atoms with E-state index in [9.17, 15) is 14.7 Å². The molecule has 0 saturated carbocycles. The van der Waals surface area contributed by atoms with E-state index in [1.807, 2.05) is 0 Å². The third kappa shape index (κ3) is 72.7. The van der Waals surface area contributed by atoms with E-state index in [2.05, 4.69) is 135 Å². The number of carbonyl (C=O) groups is 2. The van der Waals surface area contributed by atoms with Crippen LogP contribution >= 0.6 is 0 Å². The van der Waals surface area contributed by atoms with Gasteiger partial charge in [-0.2, -0.15) is 0 Å². The van der Waals surface area contributed by atoms with Gasteiger partial charge in [0, 0.05) is 12.8 Å². The molecule has 0 amide bonds. The standard InChI is InChI=1S/C80H138O5/c1-3-5-7-9-11-13-15-17-19-21-23-25-27-29-31-33-35-37-38-39-40-41-43-44-46-48-50-52-54-56-58-60-62-64-66-68-70-72-74-79(82)84-77-78(76-81)85-80(83)75-73-71-69-67-65-63-61-59-57-55-53-51-49-47-45-42-36-34-32-30-28-26-24-22-20-18-16-14-12-10-8-6-4-2/h6,8,12,14,18,20,24,26,30,32,36,42,47,49,53,55,59,61,65,67,78,81H,3-5,7,9-11,13,15-17,19,21-23,25,27-29,31,33-35,37-41,43-46,48,50-52,54,56-58,60,62-64,66,68-77H2,1-2H3/b8-6-,14-12-,20-18-,26-24-,32-30-,42-36-,49-47-,55-53-,61-59-,67-65-. The number of hydrogen-bond donors (Lipinski definition) is 1. The summed E-state index contributed by atoms with van der Waals surface area (Å²) >= 11 is 0. The van der Waals surface area contributed by atoms with Crippen molar-refractivity contribution in [3.63, 3.8) is 0 Å². The van der Waals surface area contributed by atoms with Gasteiger partial charge in [-0.15, -0.1) is 0 Å². The van der Waals surface area contributed by atoms with Gasteiger partial charge in [-0.25, -0.2) is 0 Å². The molecule has 0 aromatic heterocycles. The first-order chi connectivity index (χ1) is 42.1. The summed E-state index contributed by atoms with van der Waals surface area (Å²) in [6.07, 6.45) is 110. The van der Waals surface area contributed by atoms with Gasteiger partial charge < -0.3 is 14.6 Å². The second-order valence-corrected chi connectivity index (χ2v) is 24.3. The van der Waals surface area contributed by atoms with Crippen LogP contribution in [0.2, 0.25) is 0 Å². The monoisotopic (exact) mass is 1180 g/mol. The summed E-state index contributed by atoms with van der Waals surface area (Å²) < 4.78 is 10.7. The number of aliphatic hydroxyl groups excluding tert-OH is 1. The molecule has 1 unspecified atom stereocenters. The molecule has 0 saturated heterocycles. The van der Waals surface area contributed by atoms with E-state index in [0.29, 0.717) is 12.8 Å². The highest BCUT2D eigenvalue weighted by molar-refractivity contribution is 5.70. The molecule has 0 fully saturated rings. The van der Waals surface area contributed by atoms with Crippen molar-refractivity contribution in [3.05, 3.63) is 122 Å². The van der Waals surface area contributed by atoms with Crippen LogP contribution in [0.5, 0.6) is 0 Å². The minimum Gasteiger partial charge on any atom is -0.462 e. The molecular formula is C80H138O5. The normalized spacial score (nSPS) is 12.9. The van der Waals surface area contributed by atoms with Gasteiger partial charge in [-0.3, -0.25) is 9.59 Å². The van der Waals surface area contributed by atoms with Crippen molar-refractivity contribution in [1.82, 2.24) is 0 Å². The Bertz CT molecular complexity index is 1670. The number of ether oxygens (including phenoxy) is 2. The van der Waals surface area contributed by atoms with Crippen LogP contribution in [0.4, 0.5) is 0 Å². The van der Waals surface area contributed by atoms with E-state index in [0.717, 1.165) is 103 Å². The Morgan fingerprint density at radius 3 is 0.765 bits per heavy atom. The SMILES string of the molecule is CC/C=C\C/C=C\C/C=C\C/C=C\C/C=C\C/C=C\C/C=C\C/C=C\C/C=C\C/C=C\CCCCC(=O)OC(CO)COC(=O)CCCCCCCCCCCCCCCCCCCCCCCCCCCCCCCCCCCCCCCC. The Hall–Kier alpha value is -3.70. The number of carbonyl (C=O) groups excluding carboxylic acids is 2. The number of esters is 2. The molecule has 0 bridgehead atoms. The van der Waals surface area contributed by atoms with Crippen LogP contribution in [0.3, 0.4) is 0 Å². The summed E-state index contributed by atoms with van der Waals surface area (Å²) in [5.74, 6) is -0.636. The van der Waals surface area contributed by atoms with Crippen LogP contribution in [0.1, 0.15) is 354 Å². The lowest BCUT2D eigenvalue weighted by atomic mass is 10.0. The van der Waals surface area contributed by atoms with Crippen molar-refractivity contribution in [2.75, 3.05) is 13.2 Å². The highest BCUT2D eigenvalue weighted by Crippen LogP contribution is 2.18. The van der Waals surface area contributed by atoms with Crippen LogP contribution in [0, 0.1) is 0 Å². The summed E-state index contributed by atoms with van der Waals surface area (Å²) in [4.78, 5) is 24.6. The molecule has 85 heavy (non-hydrogen) atoms. The number of unbranched alkanes of at least 4 members (excludes halogenated alkanes) is 39. The predicted octanol–water partition coefficient (Wildman–Crippen LogP) is 25.7. The van der Waals surface area contributed by atoms with Gasteiger partial charge in [0.2, 0.25) is 0 Å². The number of rotatable bonds is 67. The minimum absolute atomic E-state index is 0.0877. The van der Waals surface area contributed by atoms with Gasteiger partial charge in [0.15, 0.2) is 6.10 Å². The van der Waals surface area contributed by atoms with E-state index in [1.165, 1.54) is 225 Å². The van der Waals surface area contributed by atoms with Crippen LogP contribution in [-0.2, 0) is 19.1 Å². The average Bonchev–Trinajstić information content (AvgIpc) is 3.52. The van der Waals surface area contributed by atoms with Gasteiger partial charge >= 0.3 is 11.9 Å². The third-order valence-electron chi connectivity index (χ3n) is 16.0. The Morgan fingerprint density at radius 1 is 0.282 bits per heavy atom. The minimum atomic E-state index is -0.805. The second-order valence-electron chi connectivity index (χ2n) is 24.3. The molecule has 0 aromatic carbocycles. The van der Waals surface area contributed by atoms with Crippen molar-refractivity contribution >= 4 is 11.9 Å². The summed E-state index contributed by atoms with van der Waals surface area (Å²) in [5.41, 5.74) is 0. The molecule has 5 heteroatoms. The van der Waals surface area contributed by atoms with E-state index < -0.39 is 6.10 Å². The summed E-state index contributed by atoms with van der Waals surface area (Å²) in [6, 6.07) is 0. The van der Waals surface area contributed by atoms with Crippen molar-refractivity contribution < 1.29 is 24.2 Å². The number of allylic oxidation sites excluding steroid dienone is 20. The molecule has 5 nitrogen and oxygen atoms in total. The molecule has 0 aliphatic rings. The van der Waals surface area contributed by atoms with E-state index in [-0.39, 0.29) is 25.2 Å². The lowest BCUT2D eigenvalue weighted by Gasteiger charge is -2.15. The fraction of sp³-hybridized carbons (Fsp3) is 0.725. The molecule has 0 aliphatic carbocycles. The van der Waals surface area contributed by atoms with Crippen molar-refractivity contribution in [2.24, 2.45) is 0 Å². The smallest absolute Gasteiger partial charge is 0.306 e. The summed E-state index contributed by atoms with van der Waals surface area (Å²) in [6.45, 7) is 4.03. The first kappa shape index (κ1) is 81.3. The zero-order chi connectivity index (χ0) is 61.2. The Morgan fingerprint density at radius 2 is 0.506 bits per heavy atom. The summed E-state index contributed by atoms with van der Waals surface area (Å²) in [5, 5.41) is 9.70. The first-order valence-corrected chi connectivity index (χ1v) is 36.6.